The van der Waals surface area contributed by atoms with Gasteiger partial charge in [0, 0.05) is 28.4 Å². The van der Waals surface area contributed by atoms with Crippen LogP contribution in [0.25, 0.3) is 32.4 Å². The zero-order valence-electron chi connectivity index (χ0n) is 13.9. The van der Waals surface area contributed by atoms with E-state index < -0.39 is 5.97 Å². The molecule has 4 rings (SSSR count). The van der Waals surface area contributed by atoms with Gasteiger partial charge in [-0.15, -0.1) is 22.7 Å². The minimum atomic E-state index is -1.14. The fraction of sp³-hybridized carbons (Fsp3) is 0.0500. The molecule has 0 saturated carbocycles. The van der Waals surface area contributed by atoms with Crippen LogP contribution in [0.2, 0.25) is 5.02 Å². The summed E-state index contributed by atoms with van der Waals surface area (Å²) in [6, 6.07) is 15.2. The molecule has 0 spiro atoms. The van der Waals surface area contributed by atoms with Gasteiger partial charge in [-0.2, -0.15) is 0 Å². The van der Waals surface area contributed by atoms with E-state index in [1.165, 1.54) is 22.7 Å². The summed E-state index contributed by atoms with van der Waals surface area (Å²) in [4.78, 5) is 20.4. The summed E-state index contributed by atoms with van der Waals surface area (Å²) in [5, 5.41) is 15.3. The number of thiazole rings is 2. The van der Waals surface area contributed by atoms with Gasteiger partial charge in [-0.1, -0.05) is 35.9 Å². The Morgan fingerprint density at radius 1 is 1.11 bits per heavy atom. The number of hydrogen-bond acceptors (Lipinski definition) is 6. The molecule has 4 nitrogen and oxygen atoms in total. The number of carboxylic acid groups (broad SMARTS) is 1. The summed E-state index contributed by atoms with van der Waals surface area (Å²) in [6.07, 6.45) is 1.55. The van der Waals surface area contributed by atoms with Gasteiger partial charge < -0.3 is 9.90 Å². The highest BCUT2D eigenvalue weighted by Gasteiger charge is 2.11. The van der Waals surface area contributed by atoms with Gasteiger partial charge in [0.05, 0.1) is 15.9 Å². The Hall–Kier alpha value is -2.54. The Kier molecular flexibility index (Phi) is 5.03. The van der Waals surface area contributed by atoms with Crippen LogP contribution < -0.4 is 5.11 Å². The molecule has 0 amide bonds. The van der Waals surface area contributed by atoms with E-state index in [2.05, 4.69) is 9.97 Å². The second-order valence-electron chi connectivity index (χ2n) is 5.79. The van der Waals surface area contributed by atoms with Crippen molar-refractivity contribution in [1.82, 2.24) is 9.97 Å². The molecule has 134 valence electrons. The summed E-state index contributed by atoms with van der Waals surface area (Å²) in [6.45, 7) is 0. The van der Waals surface area contributed by atoms with Crippen molar-refractivity contribution < 1.29 is 9.90 Å². The minimum absolute atomic E-state index is 0.215. The van der Waals surface area contributed by atoms with E-state index in [0.717, 1.165) is 20.8 Å². The quantitative estimate of drug-likeness (QED) is 0.475. The van der Waals surface area contributed by atoms with Crippen molar-refractivity contribution in [3.05, 3.63) is 69.6 Å². The van der Waals surface area contributed by atoms with E-state index in [-0.39, 0.29) is 6.42 Å². The molecule has 4 aromatic rings. The van der Waals surface area contributed by atoms with Crippen LogP contribution in [-0.2, 0) is 4.79 Å². The lowest BCUT2D eigenvalue weighted by Gasteiger charge is -2.04. The van der Waals surface area contributed by atoms with Gasteiger partial charge in [0.2, 0.25) is 0 Å². The van der Waals surface area contributed by atoms with Crippen molar-refractivity contribution in [1.29, 1.82) is 0 Å². The number of para-hydroxylation sites is 1. The zero-order chi connectivity index (χ0) is 18.8. The number of fused-ring (bicyclic) bond motifs is 1. The zero-order valence-corrected chi connectivity index (χ0v) is 16.3. The molecule has 27 heavy (non-hydrogen) atoms. The first-order valence-electron chi connectivity index (χ1n) is 8.06. The Labute approximate surface area is 168 Å². The second kappa shape index (κ2) is 7.60. The van der Waals surface area contributed by atoms with Crippen LogP contribution in [0.15, 0.2) is 53.9 Å². The molecular formula is C20H12ClN2O2S2-. The summed E-state index contributed by atoms with van der Waals surface area (Å²) in [5.74, 6) is -1.14. The van der Waals surface area contributed by atoms with Gasteiger partial charge in [-0.05, 0) is 35.9 Å². The van der Waals surface area contributed by atoms with Crippen LogP contribution in [-0.4, -0.2) is 15.9 Å². The molecule has 0 aliphatic carbocycles. The number of carbonyl (C=O) groups is 1. The summed E-state index contributed by atoms with van der Waals surface area (Å²) in [7, 11) is 0. The lowest BCUT2D eigenvalue weighted by atomic mass is 10.1. The first-order valence-corrected chi connectivity index (χ1v) is 10.1. The lowest BCUT2D eigenvalue weighted by Crippen LogP contribution is -2.22. The van der Waals surface area contributed by atoms with Crippen LogP contribution in [0.3, 0.4) is 0 Å². The number of hydrogen-bond donors (Lipinski definition) is 0. The van der Waals surface area contributed by atoms with Gasteiger partial charge >= 0.3 is 0 Å². The molecule has 0 N–H and O–H groups in total. The fourth-order valence-electron chi connectivity index (χ4n) is 2.61. The fourth-order valence-corrected chi connectivity index (χ4v) is 4.50. The lowest BCUT2D eigenvalue weighted by molar-refractivity contribution is -0.304. The number of halogens is 1. The van der Waals surface area contributed by atoms with E-state index in [1.54, 1.807) is 6.08 Å². The molecule has 0 aliphatic heterocycles. The van der Waals surface area contributed by atoms with Crippen molar-refractivity contribution in [2.24, 2.45) is 0 Å². The second-order valence-corrected chi connectivity index (χ2v) is 8.11. The molecule has 0 atom stereocenters. The highest BCUT2D eigenvalue weighted by Crippen LogP contribution is 2.31. The molecular weight excluding hydrogens is 400 g/mol. The summed E-state index contributed by atoms with van der Waals surface area (Å²) >= 11 is 8.88. The van der Waals surface area contributed by atoms with E-state index in [4.69, 9.17) is 11.6 Å². The van der Waals surface area contributed by atoms with Crippen molar-refractivity contribution in [2.75, 3.05) is 0 Å². The van der Waals surface area contributed by atoms with Crippen molar-refractivity contribution >= 4 is 62.1 Å². The topological polar surface area (TPSA) is 65.9 Å². The normalized spacial score (nSPS) is 11.8. The van der Waals surface area contributed by atoms with Gasteiger partial charge in [0.1, 0.15) is 10.0 Å². The molecule has 7 heteroatoms. The average molecular weight is 412 g/mol. The van der Waals surface area contributed by atoms with E-state index in [0.29, 0.717) is 21.3 Å². The molecule has 0 bridgehead atoms. The maximum atomic E-state index is 11.2. The average Bonchev–Trinajstić information content (AvgIpc) is 3.28. The van der Waals surface area contributed by atoms with Crippen LogP contribution in [0.5, 0.6) is 0 Å². The molecule has 0 aliphatic rings. The van der Waals surface area contributed by atoms with Gasteiger partial charge in [-0.3, -0.25) is 0 Å². The van der Waals surface area contributed by atoms with Crippen LogP contribution >= 0.6 is 34.3 Å². The van der Waals surface area contributed by atoms with Gasteiger partial charge in [0.25, 0.3) is 0 Å². The first-order chi connectivity index (χ1) is 13.1. The van der Waals surface area contributed by atoms with Crippen molar-refractivity contribution in [3.63, 3.8) is 0 Å². The van der Waals surface area contributed by atoms with E-state index in [1.807, 2.05) is 53.9 Å². The third-order valence-corrected chi connectivity index (χ3v) is 6.11. The molecule has 0 fully saturated rings. The van der Waals surface area contributed by atoms with Crippen LogP contribution in [0.1, 0.15) is 17.1 Å². The molecule has 2 aromatic carbocycles. The minimum Gasteiger partial charge on any atom is -0.550 e. The molecule has 0 saturated heterocycles. The predicted octanol–water partition coefficient (Wildman–Crippen LogP) is 4.75. The molecule has 0 radical (unpaired) electrons. The number of benzene rings is 2. The van der Waals surface area contributed by atoms with E-state index in [9.17, 15) is 9.90 Å². The standard InChI is InChI=1S/C20H13ClN2O2S2/c21-14-7-5-12(6-8-14)19-22-15(11-26-19)9-13(10-18(24)25)20-23-16-3-1-2-4-17(16)27-20/h1-9,11H,10H2,(H,24,25)/p-1/b13-9+. The van der Waals surface area contributed by atoms with Crippen molar-refractivity contribution in [3.8, 4) is 10.6 Å². The molecule has 2 heterocycles. The Morgan fingerprint density at radius 3 is 2.63 bits per heavy atom. The highest BCUT2D eigenvalue weighted by atomic mass is 35.5. The maximum Gasteiger partial charge on any atom is 0.124 e. The number of carbonyl (C=O) groups excluding carboxylic acids is 1. The Balaban J connectivity index is 1.71. The smallest absolute Gasteiger partial charge is 0.124 e. The molecule has 0 unspecified atom stereocenters. The Morgan fingerprint density at radius 2 is 1.89 bits per heavy atom. The van der Waals surface area contributed by atoms with Crippen LogP contribution in [0.4, 0.5) is 0 Å². The van der Waals surface area contributed by atoms with E-state index >= 15 is 0 Å². The van der Waals surface area contributed by atoms with Gasteiger partial charge in [0.15, 0.2) is 0 Å². The number of carboxylic acids is 1. The largest absolute Gasteiger partial charge is 0.550 e. The summed E-state index contributed by atoms with van der Waals surface area (Å²) in [5.41, 5.74) is 3.09. The van der Waals surface area contributed by atoms with Gasteiger partial charge in [-0.25, -0.2) is 9.97 Å². The molecule has 2 aromatic heterocycles. The predicted molar refractivity (Wildman–Crippen MR) is 110 cm³/mol. The number of rotatable bonds is 5. The summed E-state index contributed by atoms with van der Waals surface area (Å²) < 4.78 is 1.01. The SMILES string of the molecule is O=C([O-])C/C(=C\c1csc(-c2ccc(Cl)cc2)n1)c1nc2ccccc2s1. The first kappa shape index (κ1) is 17.9. The number of aromatic nitrogens is 2. The number of aliphatic carboxylic acids is 1. The Bertz CT molecular complexity index is 1110. The van der Waals surface area contributed by atoms with Crippen molar-refractivity contribution in [2.45, 2.75) is 6.42 Å². The monoisotopic (exact) mass is 411 g/mol. The highest BCUT2D eigenvalue weighted by molar-refractivity contribution is 7.19. The maximum absolute atomic E-state index is 11.2. The third-order valence-electron chi connectivity index (χ3n) is 3.84. The van der Waals surface area contributed by atoms with Crippen LogP contribution in [0, 0.1) is 0 Å². The number of nitrogens with zero attached hydrogens (tertiary/aromatic N) is 2. The third kappa shape index (κ3) is 4.08.